The third-order valence-corrected chi connectivity index (χ3v) is 5.05. The van der Waals surface area contributed by atoms with Gasteiger partial charge in [-0.1, -0.05) is 24.3 Å². The van der Waals surface area contributed by atoms with Crippen LogP contribution in [0.2, 0.25) is 0 Å². The second-order valence-electron chi connectivity index (χ2n) is 7.39. The Hall–Kier alpha value is -1.65. The van der Waals surface area contributed by atoms with E-state index in [1.54, 1.807) is 13.2 Å². The van der Waals surface area contributed by atoms with Crippen molar-refractivity contribution >= 4 is 29.9 Å². The molecule has 7 nitrogen and oxygen atoms in total. The zero-order chi connectivity index (χ0) is 20.2. The van der Waals surface area contributed by atoms with E-state index in [9.17, 15) is 0 Å². The quantitative estimate of drug-likeness (QED) is 0.215. The Morgan fingerprint density at radius 3 is 2.87 bits per heavy atom. The van der Waals surface area contributed by atoms with Gasteiger partial charge < -0.3 is 24.7 Å². The minimum atomic E-state index is 0. The van der Waals surface area contributed by atoms with Crippen molar-refractivity contribution in [3.63, 3.8) is 0 Å². The maximum atomic E-state index is 5.81. The molecule has 0 saturated carbocycles. The highest BCUT2D eigenvalue weighted by molar-refractivity contribution is 14.0. The lowest BCUT2D eigenvalue weighted by Gasteiger charge is -2.21. The second kappa shape index (κ2) is 14.4. The third kappa shape index (κ3) is 9.01. The number of hydrogen-bond acceptors (Lipinski definition) is 4. The van der Waals surface area contributed by atoms with Gasteiger partial charge in [-0.3, -0.25) is 4.99 Å². The molecule has 1 saturated heterocycles. The molecule has 1 aliphatic heterocycles. The van der Waals surface area contributed by atoms with Gasteiger partial charge in [-0.2, -0.15) is 0 Å². The summed E-state index contributed by atoms with van der Waals surface area (Å²) >= 11 is 0. The highest BCUT2D eigenvalue weighted by Gasteiger charge is 2.13. The van der Waals surface area contributed by atoms with Crippen LogP contribution in [0.15, 0.2) is 48.0 Å². The van der Waals surface area contributed by atoms with Gasteiger partial charge in [0.15, 0.2) is 5.96 Å². The summed E-state index contributed by atoms with van der Waals surface area (Å²) in [6.07, 6.45) is 8.83. The van der Waals surface area contributed by atoms with E-state index >= 15 is 0 Å². The van der Waals surface area contributed by atoms with E-state index in [2.05, 4.69) is 49.4 Å². The lowest BCUT2D eigenvalue weighted by Crippen LogP contribution is -2.37. The number of aromatic nitrogens is 2. The number of ether oxygens (including phenoxy) is 2. The van der Waals surface area contributed by atoms with Crippen LogP contribution in [0.25, 0.3) is 0 Å². The number of rotatable bonds is 10. The highest BCUT2D eigenvalue weighted by Crippen LogP contribution is 2.14. The van der Waals surface area contributed by atoms with E-state index in [0.29, 0.717) is 5.92 Å². The Balaban J connectivity index is 0.00000320. The molecule has 1 aromatic carbocycles. The predicted molar refractivity (Wildman–Crippen MR) is 130 cm³/mol. The van der Waals surface area contributed by atoms with E-state index in [-0.39, 0.29) is 24.0 Å². The predicted octanol–water partition coefficient (Wildman–Crippen LogP) is 3.05. The molecule has 8 heteroatoms. The smallest absolute Gasteiger partial charge is 0.191 e. The Labute approximate surface area is 196 Å². The molecule has 2 aromatic rings. The van der Waals surface area contributed by atoms with Gasteiger partial charge in [0.05, 0.1) is 6.33 Å². The summed E-state index contributed by atoms with van der Waals surface area (Å²) in [7, 11) is 1.80. The molecule has 1 aliphatic rings. The summed E-state index contributed by atoms with van der Waals surface area (Å²) in [6, 6.07) is 8.57. The molecule has 0 radical (unpaired) electrons. The molecule has 0 amide bonds. The number of halogens is 1. The number of aliphatic imine (C=N–C) groups is 1. The molecule has 1 fully saturated rings. The normalized spacial score (nSPS) is 14.9. The Bertz CT molecular complexity index is 733. The van der Waals surface area contributed by atoms with Crippen molar-refractivity contribution in [2.75, 3.05) is 40.0 Å². The molecule has 0 aliphatic carbocycles. The van der Waals surface area contributed by atoms with Crippen molar-refractivity contribution in [2.45, 2.75) is 32.4 Å². The fourth-order valence-electron chi connectivity index (χ4n) is 3.38. The van der Waals surface area contributed by atoms with Crippen molar-refractivity contribution in [1.82, 2.24) is 20.2 Å². The summed E-state index contributed by atoms with van der Waals surface area (Å²) in [5.41, 5.74) is 2.48. The van der Waals surface area contributed by atoms with Crippen molar-refractivity contribution < 1.29 is 9.47 Å². The maximum Gasteiger partial charge on any atom is 0.191 e. The van der Waals surface area contributed by atoms with Gasteiger partial charge >= 0.3 is 0 Å². The first kappa shape index (κ1) is 24.6. The van der Waals surface area contributed by atoms with Crippen LogP contribution in [0.4, 0.5) is 0 Å². The summed E-state index contributed by atoms with van der Waals surface area (Å²) in [4.78, 5) is 8.40. The Morgan fingerprint density at radius 1 is 1.27 bits per heavy atom. The third-order valence-electron chi connectivity index (χ3n) is 5.05. The summed E-state index contributed by atoms with van der Waals surface area (Å²) in [5, 5.41) is 6.74. The van der Waals surface area contributed by atoms with E-state index in [0.717, 1.165) is 71.3 Å². The molecule has 2 heterocycles. The largest absolute Gasteiger partial charge is 0.381 e. The number of hydrogen-bond donors (Lipinski definition) is 2. The van der Waals surface area contributed by atoms with E-state index in [1.165, 1.54) is 11.1 Å². The van der Waals surface area contributed by atoms with Crippen LogP contribution in [-0.2, 0) is 22.6 Å². The van der Waals surface area contributed by atoms with E-state index < -0.39 is 0 Å². The van der Waals surface area contributed by atoms with Crippen molar-refractivity contribution in [3.05, 3.63) is 54.1 Å². The SMILES string of the molecule is CN=C(NCCCOCC1CCOCC1)NCc1cccc(Cn2ccnc2)c1.I. The molecule has 166 valence electrons. The lowest BCUT2D eigenvalue weighted by molar-refractivity contribution is 0.0203. The molecule has 0 atom stereocenters. The first-order valence-electron chi connectivity index (χ1n) is 10.5. The fourth-order valence-corrected chi connectivity index (χ4v) is 3.38. The highest BCUT2D eigenvalue weighted by atomic mass is 127. The van der Waals surface area contributed by atoms with Crippen LogP contribution >= 0.6 is 24.0 Å². The minimum absolute atomic E-state index is 0. The molecule has 1 aromatic heterocycles. The van der Waals surface area contributed by atoms with Crippen LogP contribution < -0.4 is 10.6 Å². The average molecular weight is 527 g/mol. The summed E-state index contributed by atoms with van der Waals surface area (Å²) in [5.74, 6) is 1.48. The van der Waals surface area contributed by atoms with Crippen molar-refractivity contribution in [3.8, 4) is 0 Å². The number of nitrogens with zero attached hydrogens (tertiary/aromatic N) is 3. The van der Waals surface area contributed by atoms with E-state index in [1.807, 2.05) is 12.5 Å². The molecule has 2 N–H and O–H groups in total. The fraction of sp³-hybridized carbons (Fsp3) is 0.545. The zero-order valence-electron chi connectivity index (χ0n) is 17.8. The van der Waals surface area contributed by atoms with Gasteiger partial charge in [-0.25, -0.2) is 4.98 Å². The molecule has 0 unspecified atom stereocenters. The molecule has 3 rings (SSSR count). The van der Waals surface area contributed by atoms with Crippen molar-refractivity contribution in [2.24, 2.45) is 10.9 Å². The number of guanidine groups is 1. The van der Waals surface area contributed by atoms with E-state index in [4.69, 9.17) is 9.47 Å². The Kier molecular flexibility index (Phi) is 11.8. The second-order valence-corrected chi connectivity index (χ2v) is 7.39. The standard InChI is InChI=1S/C22H33N5O2.HI/c1-23-22(25-8-3-11-29-17-19-6-12-28-13-7-19)26-15-20-4-2-5-21(14-20)16-27-10-9-24-18-27;/h2,4-5,9-10,14,18-19H,3,6-8,11-13,15-17H2,1H3,(H2,23,25,26);1H. The number of benzene rings is 1. The van der Waals surface area contributed by atoms with Gasteiger partial charge in [-0.15, -0.1) is 24.0 Å². The maximum absolute atomic E-state index is 5.81. The van der Waals surface area contributed by atoms with Crippen LogP contribution in [0.3, 0.4) is 0 Å². The lowest BCUT2D eigenvalue weighted by atomic mass is 10.0. The van der Waals surface area contributed by atoms with Gasteiger partial charge in [0, 0.05) is 65.5 Å². The molecule has 30 heavy (non-hydrogen) atoms. The zero-order valence-corrected chi connectivity index (χ0v) is 20.1. The first-order valence-corrected chi connectivity index (χ1v) is 10.5. The van der Waals surface area contributed by atoms with Crippen LogP contribution in [0, 0.1) is 5.92 Å². The summed E-state index contributed by atoms with van der Waals surface area (Å²) in [6.45, 7) is 5.79. The average Bonchev–Trinajstić information content (AvgIpc) is 3.27. The molecular formula is C22H34IN5O2. The monoisotopic (exact) mass is 527 g/mol. The van der Waals surface area contributed by atoms with Crippen molar-refractivity contribution in [1.29, 1.82) is 0 Å². The van der Waals surface area contributed by atoms with Gasteiger partial charge in [0.2, 0.25) is 0 Å². The van der Waals surface area contributed by atoms with Crippen LogP contribution in [-0.4, -0.2) is 55.5 Å². The summed E-state index contributed by atoms with van der Waals surface area (Å²) < 4.78 is 13.3. The van der Waals surface area contributed by atoms with Gasteiger partial charge in [0.1, 0.15) is 0 Å². The number of imidazole rings is 1. The Morgan fingerprint density at radius 2 is 2.10 bits per heavy atom. The van der Waals surface area contributed by atoms with Gasteiger partial charge in [0.25, 0.3) is 0 Å². The topological polar surface area (TPSA) is 72.7 Å². The molecule has 0 spiro atoms. The van der Waals surface area contributed by atoms with Gasteiger partial charge in [-0.05, 0) is 36.3 Å². The minimum Gasteiger partial charge on any atom is -0.381 e. The molecular weight excluding hydrogens is 493 g/mol. The number of nitrogens with one attached hydrogen (secondary N) is 2. The van der Waals surface area contributed by atoms with Crippen LogP contribution in [0.5, 0.6) is 0 Å². The first-order chi connectivity index (χ1) is 14.3. The molecule has 0 bridgehead atoms. The van der Waals surface area contributed by atoms with Crippen LogP contribution in [0.1, 0.15) is 30.4 Å².